The van der Waals surface area contributed by atoms with Crippen LogP contribution in [0.15, 0.2) is 51.9 Å². The Balaban J connectivity index is 1.92. The van der Waals surface area contributed by atoms with Gasteiger partial charge in [0.05, 0.1) is 0 Å². The molecule has 0 spiro atoms. The first-order valence-corrected chi connectivity index (χ1v) is 6.96. The maximum Gasteiger partial charge on any atom is 0.408 e. The molecule has 0 saturated heterocycles. The van der Waals surface area contributed by atoms with E-state index in [1.165, 1.54) is 0 Å². The quantitative estimate of drug-likeness (QED) is 0.726. The van der Waals surface area contributed by atoms with Crippen LogP contribution in [0.4, 0.5) is 4.79 Å². The number of ether oxygens (including phenoxy) is 1. The second-order valence-electron chi connectivity index (χ2n) is 4.90. The Kier molecular flexibility index (Phi) is 5.56. The fraction of sp³-hybridized carbons (Fsp3) is 0.188. The van der Waals surface area contributed by atoms with Gasteiger partial charge in [0, 0.05) is 12.5 Å². The van der Waals surface area contributed by atoms with Crippen LogP contribution in [0.5, 0.6) is 5.75 Å². The van der Waals surface area contributed by atoms with Crippen molar-refractivity contribution in [2.24, 2.45) is 0 Å². The number of alkyl carbamates (subject to hydrolysis) is 1. The minimum absolute atomic E-state index is 0.0166. The minimum Gasteiger partial charge on any atom is -0.502 e. The number of rotatable bonds is 6. The van der Waals surface area contributed by atoms with Crippen LogP contribution in [0.2, 0.25) is 0 Å². The van der Waals surface area contributed by atoms with Crippen molar-refractivity contribution >= 4 is 12.1 Å². The summed E-state index contributed by atoms with van der Waals surface area (Å²) in [4.78, 5) is 34.2. The zero-order valence-electron chi connectivity index (χ0n) is 12.5. The summed E-state index contributed by atoms with van der Waals surface area (Å²) < 4.78 is 9.68. The minimum atomic E-state index is -1.20. The monoisotopic (exact) mass is 333 g/mol. The van der Waals surface area contributed by atoms with E-state index in [2.05, 4.69) is 5.32 Å². The van der Waals surface area contributed by atoms with Gasteiger partial charge in [-0.2, -0.15) is 0 Å². The number of hydrogen-bond acceptors (Lipinski definition) is 6. The van der Waals surface area contributed by atoms with Crippen LogP contribution in [-0.4, -0.2) is 28.3 Å². The molecule has 24 heavy (non-hydrogen) atoms. The molecule has 0 aliphatic heterocycles. The van der Waals surface area contributed by atoms with E-state index in [1.54, 1.807) is 30.3 Å². The molecule has 1 aromatic carbocycles. The second-order valence-corrected chi connectivity index (χ2v) is 4.90. The lowest BCUT2D eigenvalue weighted by molar-refractivity contribution is -0.139. The number of carbonyl (C=O) groups is 2. The molecule has 2 rings (SSSR count). The summed E-state index contributed by atoms with van der Waals surface area (Å²) >= 11 is 0. The molecular weight excluding hydrogens is 318 g/mol. The van der Waals surface area contributed by atoms with Gasteiger partial charge in [-0.05, 0) is 5.56 Å². The molecule has 0 aliphatic rings. The summed E-state index contributed by atoms with van der Waals surface area (Å²) in [6, 6.07) is 8.63. The van der Waals surface area contributed by atoms with E-state index in [0.717, 1.165) is 17.9 Å². The molecule has 126 valence electrons. The third-order valence-electron chi connectivity index (χ3n) is 3.08. The maximum absolute atomic E-state index is 11.7. The lowest BCUT2D eigenvalue weighted by Gasteiger charge is -2.14. The van der Waals surface area contributed by atoms with Crippen LogP contribution in [0.3, 0.4) is 0 Å². The van der Waals surface area contributed by atoms with Gasteiger partial charge in [0.15, 0.2) is 12.4 Å². The van der Waals surface area contributed by atoms with Gasteiger partial charge in [0.2, 0.25) is 5.43 Å². The molecular formula is C16H15NO7. The van der Waals surface area contributed by atoms with Crippen molar-refractivity contribution in [2.45, 2.75) is 19.1 Å². The van der Waals surface area contributed by atoms with E-state index < -0.39 is 29.3 Å². The number of carboxylic acid groups (broad SMARTS) is 1. The molecule has 0 bridgehead atoms. The van der Waals surface area contributed by atoms with Crippen molar-refractivity contribution in [3.8, 4) is 5.75 Å². The van der Waals surface area contributed by atoms with Crippen LogP contribution in [0, 0.1) is 0 Å². The van der Waals surface area contributed by atoms with Gasteiger partial charge in [-0.1, -0.05) is 30.3 Å². The number of hydrogen-bond donors (Lipinski definition) is 3. The largest absolute Gasteiger partial charge is 0.502 e. The first-order valence-electron chi connectivity index (χ1n) is 6.96. The Labute approximate surface area is 136 Å². The normalized spacial score (nSPS) is 11.5. The summed E-state index contributed by atoms with van der Waals surface area (Å²) in [5, 5.41) is 20.5. The van der Waals surface area contributed by atoms with Gasteiger partial charge in [0.25, 0.3) is 0 Å². The van der Waals surface area contributed by atoms with Gasteiger partial charge >= 0.3 is 12.1 Å². The van der Waals surface area contributed by atoms with Crippen LogP contribution in [0.25, 0.3) is 0 Å². The predicted octanol–water partition coefficient (Wildman–Crippen LogP) is 1.27. The zero-order chi connectivity index (χ0) is 17.5. The molecule has 2 aromatic rings. The Morgan fingerprint density at radius 3 is 2.58 bits per heavy atom. The number of nitrogens with one attached hydrogen (secondary N) is 1. The molecule has 1 aromatic heterocycles. The Morgan fingerprint density at radius 2 is 1.96 bits per heavy atom. The molecule has 8 nitrogen and oxygen atoms in total. The Bertz CT molecular complexity index is 769. The highest BCUT2D eigenvalue weighted by molar-refractivity contribution is 5.80. The van der Waals surface area contributed by atoms with Crippen LogP contribution >= 0.6 is 0 Å². The molecule has 1 heterocycles. The van der Waals surface area contributed by atoms with E-state index >= 15 is 0 Å². The highest BCUT2D eigenvalue weighted by Crippen LogP contribution is 2.06. The van der Waals surface area contributed by atoms with Gasteiger partial charge in [-0.25, -0.2) is 9.59 Å². The first kappa shape index (κ1) is 17.1. The number of amides is 1. The average Bonchev–Trinajstić information content (AvgIpc) is 2.56. The smallest absolute Gasteiger partial charge is 0.408 e. The fourth-order valence-electron chi connectivity index (χ4n) is 1.89. The van der Waals surface area contributed by atoms with Crippen molar-refractivity contribution in [2.75, 3.05) is 0 Å². The van der Waals surface area contributed by atoms with Crippen molar-refractivity contribution in [1.29, 1.82) is 0 Å². The lowest BCUT2D eigenvalue weighted by atomic mass is 10.1. The number of benzene rings is 1. The second kappa shape index (κ2) is 7.82. The average molecular weight is 333 g/mol. The van der Waals surface area contributed by atoms with Crippen molar-refractivity contribution < 1.29 is 29.0 Å². The summed E-state index contributed by atoms with van der Waals surface area (Å²) in [6.07, 6.45) is -0.0393. The van der Waals surface area contributed by atoms with E-state index in [4.69, 9.17) is 14.3 Å². The predicted molar refractivity (Wildman–Crippen MR) is 81.5 cm³/mol. The highest BCUT2D eigenvalue weighted by Gasteiger charge is 2.21. The van der Waals surface area contributed by atoms with Crippen LogP contribution in [0.1, 0.15) is 11.3 Å². The van der Waals surface area contributed by atoms with Crippen LogP contribution < -0.4 is 10.7 Å². The van der Waals surface area contributed by atoms with Crippen molar-refractivity contribution in [3.63, 3.8) is 0 Å². The van der Waals surface area contributed by atoms with Gasteiger partial charge in [-0.3, -0.25) is 4.79 Å². The summed E-state index contributed by atoms with van der Waals surface area (Å²) in [6.45, 7) is -0.376. The summed E-state index contributed by atoms with van der Waals surface area (Å²) in [7, 11) is 0. The molecule has 1 atom stereocenters. The molecule has 0 saturated carbocycles. The molecule has 0 radical (unpaired) electrons. The van der Waals surface area contributed by atoms with Crippen molar-refractivity contribution in [1.82, 2.24) is 5.32 Å². The Morgan fingerprint density at radius 1 is 1.25 bits per heavy atom. The fourth-order valence-corrected chi connectivity index (χ4v) is 1.89. The topological polar surface area (TPSA) is 126 Å². The number of aliphatic carboxylic acids is 1. The number of carbonyl (C=O) groups excluding carboxylic acids is 1. The van der Waals surface area contributed by atoms with E-state index in [9.17, 15) is 19.5 Å². The molecule has 0 aliphatic carbocycles. The van der Waals surface area contributed by atoms with E-state index in [-0.39, 0.29) is 18.8 Å². The number of carboxylic acids is 1. The Hall–Kier alpha value is -3.29. The van der Waals surface area contributed by atoms with Gasteiger partial charge in [0.1, 0.15) is 18.1 Å². The molecule has 8 heteroatoms. The van der Waals surface area contributed by atoms with Crippen LogP contribution in [-0.2, 0) is 22.6 Å². The summed E-state index contributed by atoms with van der Waals surface area (Å²) in [5.41, 5.74) is 0.0717. The SMILES string of the molecule is O=C(N[C@@H](Cc1ccccc1)C(=O)O)OCc1cc(=O)c(O)co1. The van der Waals surface area contributed by atoms with E-state index in [1.807, 2.05) is 0 Å². The maximum atomic E-state index is 11.7. The zero-order valence-corrected chi connectivity index (χ0v) is 12.5. The third-order valence-corrected chi connectivity index (χ3v) is 3.08. The standard InChI is InChI=1S/C16H15NO7/c18-13-7-11(23-9-14(13)19)8-24-16(22)17-12(15(20)21)6-10-4-2-1-3-5-10/h1-5,7,9,12,19H,6,8H2,(H,17,22)(H,20,21)/t12-/m0/s1. The lowest BCUT2D eigenvalue weighted by Crippen LogP contribution is -2.42. The highest BCUT2D eigenvalue weighted by atomic mass is 16.6. The first-order chi connectivity index (χ1) is 11.5. The van der Waals surface area contributed by atoms with Gasteiger partial charge in [-0.15, -0.1) is 0 Å². The summed E-state index contributed by atoms with van der Waals surface area (Å²) in [5.74, 6) is -1.74. The number of aromatic hydroxyl groups is 1. The van der Waals surface area contributed by atoms with Crippen molar-refractivity contribution in [3.05, 3.63) is 64.2 Å². The molecule has 3 N–H and O–H groups in total. The molecule has 0 fully saturated rings. The molecule has 1 amide bonds. The van der Waals surface area contributed by atoms with Gasteiger partial charge < -0.3 is 24.7 Å². The molecule has 0 unspecified atom stereocenters. The third kappa shape index (κ3) is 4.87. The van der Waals surface area contributed by atoms with E-state index in [0.29, 0.717) is 0 Å².